The maximum atomic E-state index is 11.8. The van der Waals surface area contributed by atoms with E-state index in [4.69, 9.17) is 10.2 Å². The summed E-state index contributed by atoms with van der Waals surface area (Å²) in [7, 11) is 0. The fourth-order valence-corrected chi connectivity index (χ4v) is 1.91. The van der Waals surface area contributed by atoms with Gasteiger partial charge in [0, 0.05) is 5.56 Å². The highest BCUT2D eigenvalue weighted by Gasteiger charge is 2.29. The third-order valence-corrected chi connectivity index (χ3v) is 2.88. The minimum atomic E-state index is -1.19. The Morgan fingerprint density at radius 2 is 1.95 bits per heavy atom. The molecule has 0 aromatic heterocycles. The second kappa shape index (κ2) is 6.31. The Bertz CT molecular complexity index is 486. The van der Waals surface area contributed by atoms with E-state index in [1.54, 1.807) is 25.1 Å². The molecule has 1 aromatic carbocycles. The van der Waals surface area contributed by atoms with Crippen LogP contribution in [0, 0.1) is 6.92 Å². The molecule has 0 fully saturated rings. The maximum absolute atomic E-state index is 11.8. The zero-order chi connectivity index (χ0) is 14.6. The van der Waals surface area contributed by atoms with Crippen LogP contribution in [0.4, 0.5) is 5.69 Å². The van der Waals surface area contributed by atoms with E-state index in [0.717, 1.165) is 4.90 Å². The van der Waals surface area contributed by atoms with Crippen molar-refractivity contribution in [1.29, 1.82) is 0 Å². The molecule has 1 rings (SSSR count). The first kappa shape index (κ1) is 15.1. The van der Waals surface area contributed by atoms with E-state index in [1.807, 2.05) is 0 Å². The van der Waals surface area contributed by atoms with Crippen molar-refractivity contribution in [3.63, 3.8) is 0 Å². The standard InChI is InChI=1S/C13H17NO5/c1-8-4-3-5-10(6-15)12(8)14(11(17)7-16)9(2)13(18)19/h3-5,9,15-16H,6-7H2,1-2H3,(H,18,19). The van der Waals surface area contributed by atoms with Crippen molar-refractivity contribution < 1.29 is 24.9 Å². The van der Waals surface area contributed by atoms with Gasteiger partial charge < -0.3 is 15.3 Å². The van der Waals surface area contributed by atoms with Gasteiger partial charge in [-0.3, -0.25) is 9.69 Å². The van der Waals surface area contributed by atoms with Crippen molar-refractivity contribution in [2.45, 2.75) is 26.5 Å². The number of rotatable bonds is 5. The van der Waals surface area contributed by atoms with Crippen molar-refractivity contribution in [2.75, 3.05) is 11.5 Å². The zero-order valence-corrected chi connectivity index (χ0v) is 10.8. The molecule has 1 atom stereocenters. The van der Waals surface area contributed by atoms with Crippen LogP contribution in [-0.2, 0) is 16.2 Å². The molecule has 1 amide bonds. The molecule has 0 aliphatic heterocycles. The lowest BCUT2D eigenvalue weighted by Crippen LogP contribution is -2.45. The number of aliphatic hydroxyl groups excluding tert-OH is 2. The summed E-state index contributed by atoms with van der Waals surface area (Å²) in [5.74, 6) is -1.91. The second-order valence-electron chi connectivity index (χ2n) is 4.18. The summed E-state index contributed by atoms with van der Waals surface area (Å²) in [5.41, 5.74) is 1.43. The van der Waals surface area contributed by atoms with E-state index in [1.165, 1.54) is 6.92 Å². The zero-order valence-electron chi connectivity index (χ0n) is 10.8. The third kappa shape index (κ3) is 3.10. The van der Waals surface area contributed by atoms with Crippen LogP contribution in [-0.4, -0.2) is 39.8 Å². The molecule has 0 spiro atoms. The van der Waals surface area contributed by atoms with Crippen LogP contribution >= 0.6 is 0 Å². The number of aliphatic hydroxyl groups is 2. The van der Waals surface area contributed by atoms with Crippen LogP contribution in [0.3, 0.4) is 0 Å². The lowest BCUT2D eigenvalue weighted by Gasteiger charge is -2.29. The average Bonchev–Trinajstić information content (AvgIpc) is 2.39. The van der Waals surface area contributed by atoms with Crippen LogP contribution in [0.25, 0.3) is 0 Å². The number of hydrogen-bond donors (Lipinski definition) is 3. The molecule has 0 heterocycles. The number of aliphatic carboxylic acids is 1. The summed E-state index contributed by atoms with van der Waals surface area (Å²) in [5, 5.41) is 27.4. The lowest BCUT2D eigenvalue weighted by molar-refractivity contribution is -0.140. The minimum Gasteiger partial charge on any atom is -0.480 e. The fraction of sp³-hybridized carbons (Fsp3) is 0.385. The molecule has 0 bridgehead atoms. The van der Waals surface area contributed by atoms with Crippen LogP contribution in [0.15, 0.2) is 18.2 Å². The number of anilines is 1. The third-order valence-electron chi connectivity index (χ3n) is 2.88. The predicted molar refractivity (Wildman–Crippen MR) is 68.8 cm³/mol. The monoisotopic (exact) mass is 267 g/mol. The SMILES string of the molecule is Cc1cccc(CO)c1N(C(=O)CO)C(C)C(=O)O. The van der Waals surface area contributed by atoms with Crippen molar-refractivity contribution >= 4 is 17.6 Å². The molecule has 0 aliphatic rings. The smallest absolute Gasteiger partial charge is 0.326 e. The number of carboxylic acids is 1. The molecule has 104 valence electrons. The highest BCUT2D eigenvalue weighted by Crippen LogP contribution is 2.27. The number of para-hydroxylation sites is 1. The van der Waals surface area contributed by atoms with Gasteiger partial charge in [0.2, 0.25) is 0 Å². The molecule has 0 saturated carbocycles. The first-order chi connectivity index (χ1) is 8.93. The molecule has 1 aromatic rings. The number of benzene rings is 1. The Labute approximate surface area is 110 Å². The molecule has 6 nitrogen and oxygen atoms in total. The number of carbonyl (C=O) groups excluding carboxylic acids is 1. The number of hydrogen-bond acceptors (Lipinski definition) is 4. The van der Waals surface area contributed by atoms with Gasteiger partial charge in [-0.1, -0.05) is 18.2 Å². The Balaban J connectivity index is 3.40. The quantitative estimate of drug-likeness (QED) is 0.712. The highest BCUT2D eigenvalue weighted by atomic mass is 16.4. The van der Waals surface area contributed by atoms with Crippen LogP contribution in [0.2, 0.25) is 0 Å². The molecule has 6 heteroatoms. The Kier molecular flexibility index (Phi) is 5.02. The van der Waals surface area contributed by atoms with Crippen molar-refractivity contribution in [3.05, 3.63) is 29.3 Å². The van der Waals surface area contributed by atoms with Gasteiger partial charge in [0.1, 0.15) is 12.6 Å². The summed E-state index contributed by atoms with van der Waals surface area (Å²) >= 11 is 0. The Morgan fingerprint density at radius 3 is 2.42 bits per heavy atom. The number of amides is 1. The van der Waals surface area contributed by atoms with Gasteiger partial charge in [0.25, 0.3) is 5.91 Å². The summed E-state index contributed by atoms with van der Waals surface area (Å²) in [6, 6.07) is 3.89. The van der Waals surface area contributed by atoms with Gasteiger partial charge in [-0.25, -0.2) is 4.79 Å². The van der Waals surface area contributed by atoms with Gasteiger partial charge in [0.15, 0.2) is 0 Å². The summed E-state index contributed by atoms with van der Waals surface area (Å²) in [6.07, 6.45) is 0. The lowest BCUT2D eigenvalue weighted by atomic mass is 10.1. The average molecular weight is 267 g/mol. The largest absolute Gasteiger partial charge is 0.480 e. The number of aryl methyl sites for hydroxylation is 1. The van der Waals surface area contributed by atoms with Gasteiger partial charge in [-0.2, -0.15) is 0 Å². The van der Waals surface area contributed by atoms with Crippen molar-refractivity contribution in [3.8, 4) is 0 Å². The highest BCUT2D eigenvalue weighted by molar-refractivity contribution is 6.00. The molecule has 0 radical (unpaired) electrons. The topological polar surface area (TPSA) is 98.1 Å². The van der Waals surface area contributed by atoms with Crippen LogP contribution in [0.5, 0.6) is 0 Å². The maximum Gasteiger partial charge on any atom is 0.326 e. The normalized spacial score (nSPS) is 12.0. The van der Waals surface area contributed by atoms with Gasteiger partial charge in [-0.15, -0.1) is 0 Å². The molecule has 19 heavy (non-hydrogen) atoms. The molecule has 1 unspecified atom stereocenters. The predicted octanol–water partition coefficient (Wildman–Crippen LogP) is 0.286. The molecular formula is C13H17NO5. The van der Waals surface area contributed by atoms with E-state index in [2.05, 4.69) is 0 Å². The molecule has 0 aliphatic carbocycles. The Hall–Kier alpha value is -1.92. The first-order valence-corrected chi connectivity index (χ1v) is 5.79. The molecule has 3 N–H and O–H groups in total. The van der Waals surface area contributed by atoms with E-state index < -0.39 is 24.5 Å². The molecule has 0 saturated heterocycles. The number of carboxylic acid groups (broad SMARTS) is 1. The second-order valence-corrected chi connectivity index (χ2v) is 4.18. The van der Waals surface area contributed by atoms with Gasteiger partial charge >= 0.3 is 5.97 Å². The van der Waals surface area contributed by atoms with E-state index in [0.29, 0.717) is 16.8 Å². The van der Waals surface area contributed by atoms with E-state index >= 15 is 0 Å². The fourth-order valence-electron chi connectivity index (χ4n) is 1.91. The minimum absolute atomic E-state index is 0.321. The molecular weight excluding hydrogens is 250 g/mol. The van der Waals surface area contributed by atoms with Gasteiger partial charge in [-0.05, 0) is 19.4 Å². The van der Waals surface area contributed by atoms with Crippen molar-refractivity contribution in [2.24, 2.45) is 0 Å². The summed E-state index contributed by atoms with van der Waals surface area (Å²) in [6.45, 7) is 1.94. The van der Waals surface area contributed by atoms with Gasteiger partial charge in [0.05, 0.1) is 12.3 Å². The number of carbonyl (C=O) groups is 2. The Morgan fingerprint density at radius 1 is 1.32 bits per heavy atom. The summed E-state index contributed by atoms with van der Waals surface area (Å²) < 4.78 is 0. The first-order valence-electron chi connectivity index (χ1n) is 5.79. The number of nitrogens with zero attached hydrogens (tertiary/aromatic N) is 1. The van der Waals surface area contributed by atoms with E-state index in [-0.39, 0.29) is 6.61 Å². The van der Waals surface area contributed by atoms with E-state index in [9.17, 15) is 14.7 Å². The summed E-state index contributed by atoms with van der Waals surface area (Å²) in [4.78, 5) is 23.9. The van der Waals surface area contributed by atoms with Crippen LogP contribution in [0.1, 0.15) is 18.1 Å². The van der Waals surface area contributed by atoms with Crippen molar-refractivity contribution in [1.82, 2.24) is 0 Å². The van der Waals surface area contributed by atoms with Crippen LogP contribution < -0.4 is 4.90 Å².